The monoisotopic (exact) mass is 315 g/mol. The second kappa shape index (κ2) is 6.42. The second-order valence-corrected chi connectivity index (χ2v) is 7.82. The molecule has 2 atom stereocenters. The Morgan fingerprint density at radius 2 is 2.00 bits per heavy atom. The average molecular weight is 315 g/mol. The molecule has 1 aliphatic rings. The van der Waals surface area contributed by atoms with Gasteiger partial charge in [-0.05, 0) is 49.4 Å². The third-order valence-corrected chi connectivity index (χ3v) is 6.17. The first-order chi connectivity index (χ1) is 9.82. The van der Waals surface area contributed by atoms with Crippen LogP contribution in [0.5, 0.6) is 0 Å². The maximum Gasteiger partial charge on any atom is 0.243 e. The van der Waals surface area contributed by atoms with Crippen LogP contribution in [0.1, 0.15) is 31.2 Å². The Kier molecular flexibility index (Phi) is 5.01. The number of hydrogen-bond acceptors (Lipinski definition) is 3. The lowest BCUT2D eigenvalue weighted by Crippen LogP contribution is -2.38. The minimum atomic E-state index is -3.65. The predicted molar refractivity (Wildman–Crippen MR) is 78.9 cm³/mol. The van der Waals surface area contributed by atoms with Gasteiger partial charge in [0.2, 0.25) is 10.0 Å². The minimum absolute atomic E-state index is 0.0284. The molecule has 1 N–H and O–H groups in total. The molecule has 118 valence electrons. The predicted octanol–water partition coefficient (Wildman–Crippen LogP) is 2.31. The molecule has 1 aromatic rings. The second-order valence-electron chi connectivity index (χ2n) is 5.81. The molecular formula is C15H22FNO3S. The lowest BCUT2D eigenvalue weighted by Gasteiger charge is -2.31. The zero-order valence-electron chi connectivity index (χ0n) is 12.4. The molecule has 1 aromatic carbocycles. The lowest BCUT2D eigenvalue weighted by atomic mass is 9.86. The van der Waals surface area contributed by atoms with Gasteiger partial charge in [-0.25, -0.2) is 17.1 Å². The van der Waals surface area contributed by atoms with Gasteiger partial charge in [0, 0.05) is 13.6 Å². The molecule has 1 saturated carbocycles. The molecule has 6 heteroatoms. The van der Waals surface area contributed by atoms with Gasteiger partial charge in [0.1, 0.15) is 5.82 Å². The largest absolute Gasteiger partial charge is 0.393 e. The summed E-state index contributed by atoms with van der Waals surface area (Å²) < 4.78 is 39.5. The van der Waals surface area contributed by atoms with Crippen molar-refractivity contribution >= 4 is 10.0 Å². The molecule has 0 spiro atoms. The Balaban J connectivity index is 2.18. The van der Waals surface area contributed by atoms with Crippen molar-refractivity contribution < 1.29 is 17.9 Å². The van der Waals surface area contributed by atoms with E-state index in [1.807, 2.05) is 0 Å². The average Bonchev–Trinajstić information content (AvgIpc) is 2.40. The molecule has 0 aromatic heterocycles. The molecule has 0 saturated heterocycles. The van der Waals surface area contributed by atoms with Crippen molar-refractivity contribution in [3.05, 3.63) is 29.6 Å². The van der Waals surface area contributed by atoms with Crippen LogP contribution >= 0.6 is 0 Å². The SMILES string of the molecule is Cc1cc(F)ccc1S(=O)(=O)N(C)CC1CCCCC1O. The summed E-state index contributed by atoms with van der Waals surface area (Å²) in [7, 11) is -2.14. The number of aliphatic hydroxyl groups excluding tert-OH is 1. The summed E-state index contributed by atoms with van der Waals surface area (Å²) in [6.07, 6.45) is 3.14. The normalized spacial score (nSPS) is 23.5. The standard InChI is InChI=1S/C15H22FNO3S/c1-11-9-13(16)7-8-15(11)21(19,20)17(2)10-12-5-3-4-6-14(12)18/h7-9,12,14,18H,3-6,10H2,1-2H3. The van der Waals surface area contributed by atoms with E-state index in [4.69, 9.17) is 0 Å². The van der Waals surface area contributed by atoms with Crippen LogP contribution in [-0.4, -0.2) is 37.5 Å². The summed E-state index contributed by atoms with van der Waals surface area (Å²) in [5.74, 6) is -0.476. The van der Waals surface area contributed by atoms with Crippen molar-refractivity contribution in [3.8, 4) is 0 Å². The molecule has 4 nitrogen and oxygen atoms in total. The molecule has 1 fully saturated rings. The van der Waals surface area contributed by atoms with Crippen LogP contribution in [-0.2, 0) is 10.0 Å². The Labute approximate surface area is 125 Å². The first-order valence-electron chi connectivity index (χ1n) is 7.23. The molecular weight excluding hydrogens is 293 g/mol. The highest BCUT2D eigenvalue weighted by Gasteiger charge is 2.29. The Morgan fingerprint density at radius 3 is 2.62 bits per heavy atom. The summed E-state index contributed by atoms with van der Waals surface area (Å²) in [6.45, 7) is 1.87. The van der Waals surface area contributed by atoms with E-state index in [9.17, 15) is 17.9 Å². The van der Waals surface area contributed by atoms with E-state index in [-0.39, 0.29) is 10.8 Å². The number of aliphatic hydroxyl groups is 1. The summed E-state index contributed by atoms with van der Waals surface area (Å²) in [5.41, 5.74) is 0.394. The van der Waals surface area contributed by atoms with Crippen LogP contribution in [0.25, 0.3) is 0 Å². The van der Waals surface area contributed by atoms with Gasteiger partial charge in [0.05, 0.1) is 11.0 Å². The quantitative estimate of drug-likeness (QED) is 0.927. The Morgan fingerprint density at radius 1 is 1.33 bits per heavy atom. The van der Waals surface area contributed by atoms with Crippen molar-refractivity contribution in [2.45, 2.75) is 43.6 Å². The number of rotatable bonds is 4. The van der Waals surface area contributed by atoms with Crippen LogP contribution in [0.2, 0.25) is 0 Å². The highest BCUT2D eigenvalue weighted by atomic mass is 32.2. The molecule has 1 aliphatic carbocycles. The summed E-state index contributed by atoms with van der Waals surface area (Å²) in [4.78, 5) is 0.122. The van der Waals surface area contributed by atoms with Gasteiger partial charge in [0.25, 0.3) is 0 Å². The molecule has 0 aliphatic heterocycles. The molecule has 21 heavy (non-hydrogen) atoms. The summed E-state index contributed by atoms with van der Waals surface area (Å²) in [6, 6.07) is 3.67. The number of nitrogens with zero attached hydrogens (tertiary/aromatic N) is 1. The number of aryl methyl sites for hydroxylation is 1. The van der Waals surface area contributed by atoms with E-state index in [0.717, 1.165) is 31.7 Å². The van der Waals surface area contributed by atoms with E-state index in [1.165, 1.54) is 23.5 Å². The lowest BCUT2D eigenvalue weighted by molar-refractivity contribution is 0.0620. The number of sulfonamides is 1. The van der Waals surface area contributed by atoms with Crippen molar-refractivity contribution in [3.63, 3.8) is 0 Å². The summed E-state index contributed by atoms with van der Waals surface area (Å²) >= 11 is 0. The third kappa shape index (κ3) is 3.62. The van der Waals surface area contributed by atoms with E-state index in [2.05, 4.69) is 0 Å². The first-order valence-corrected chi connectivity index (χ1v) is 8.67. The van der Waals surface area contributed by atoms with Gasteiger partial charge in [-0.3, -0.25) is 0 Å². The molecule has 2 unspecified atom stereocenters. The molecule has 0 amide bonds. The molecule has 2 rings (SSSR count). The molecule has 0 heterocycles. The van der Waals surface area contributed by atoms with Crippen molar-refractivity contribution in [1.82, 2.24) is 4.31 Å². The van der Waals surface area contributed by atoms with Crippen LogP contribution in [0.4, 0.5) is 4.39 Å². The van der Waals surface area contributed by atoms with E-state index in [1.54, 1.807) is 6.92 Å². The maximum atomic E-state index is 13.1. The Hall–Kier alpha value is -0.980. The van der Waals surface area contributed by atoms with Crippen molar-refractivity contribution in [1.29, 1.82) is 0 Å². The number of hydrogen-bond donors (Lipinski definition) is 1. The maximum absolute atomic E-state index is 13.1. The van der Waals surface area contributed by atoms with Gasteiger partial charge < -0.3 is 5.11 Å². The first kappa shape index (κ1) is 16.4. The van der Waals surface area contributed by atoms with Crippen LogP contribution < -0.4 is 0 Å². The van der Waals surface area contributed by atoms with Crippen molar-refractivity contribution in [2.24, 2.45) is 5.92 Å². The number of halogens is 1. The van der Waals surface area contributed by atoms with Crippen LogP contribution in [0, 0.1) is 18.7 Å². The fraction of sp³-hybridized carbons (Fsp3) is 0.600. The van der Waals surface area contributed by atoms with E-state index in [0.29, 0.717) is 12.1 Å². The summed E-state index contributed by atoms with van der Waals surface area (Å²) in [5, 5.41) is 9.97. The third-order valence-electron chi connectivity index (χ3n) is 4.19. The molecule has 0 bridgehead atoms. The highest BCUT2D eigenvalue weighted by Crippen LogP contribution is 2.27. The van der Waals surface area contributed by atoms with Gasteiger partial charge in [-0.15, -0.1) is 0 Å². The van der Waals surface area contributed by atoms with Gasteiger partial charge in [0.15, 0.2) is 0 Å². The smallest absolute Gasteiger partial charge is 0.243 e. The Bertz CT molecular complexity index is 603. The topological polar surface area (TPSA) is 57.6 Å². The van der Waals surface area contributed by atoms with E-state index < -0.39 is 21.9 Å². The zero-order valence-corrected chi connectivity index (χ0v) is 13.2. The number of benzene rings is 1. The fourth-order valence-corrected chi connectivity index (χ4v) is 4.33. The van der Waals surface area contributed by atoms with E-state index >= 15 is 0 Å². The zero-order chi connectivity index (χ0) is 15.6. The highest BCUT2D eigenvalue weighted by molar-refractivity contribution is 7.89. The minimum Gasteiger partial charge on any atom is -0.393 e. The van der Waals surface area contributed by atoms with Gasteiger partial charge in [-0.1, -0.05) is 12.8 Å². The molecule has 0 radical (unpaired) electrons. The van der Waals surface area contributed by atoms with Gasteiger partial charge >= 0.3 is 0 Å². The van der Waals surface area contributed by atoms with Crippen LogP contribution in [0.3, 0.4) is 0 Å². The van der Waals surface area contributed by atoms with Crippen LogP contribution in [0.15, 0.2) is 23.1 Å². The van der Waals surface area contributed by atoms with Gasteiger partial charge in [-0.2, -0.15) is 0 Å². The fourth-order valence-electron chi connectivity index (χ4n) is 2.90. The van der Waals surface area contributed by atoms with Crippen molar-refractivity contribution in [2.75, 3.05) is 13.6 Å².